The van der Waals surface area contributed by atoms with Gasteiger partial charge in [-0.15, -0.1) is 23.1 Å². The summed E-state index contributed by atoms with van der Waals surface area (Å²) in [6, 6.07) is 9.14. The van der Waals surface area contributed by atoms with Crippen molar-refractivity contribution in [2.75, 3.05) is 6.54 Å². The highest BCUT2D eigenvalue weighted by atomic mass is 32.2. The van der Waals surface area contributed by atoms with E-state index in [1.54, 1.807) is 13.8 Å². The summed E-state index contributed by atoms with van der Waals surface area (Å²) in [5.74, 6) is 0.484. The number of H-pyrrole nitrogens is 1. The van der Waals surface area contributed by atoms with E-state index >= 15 is 0 Å². The van der Waals surface area contributed by atoms with Crippen molar-refractivity contribution in [3.05, 3.63) is 51.9 Å². The molecule has 3 N–H and O–H groups in total. The molecule has 1 aromatic carbocycles. The lowest BCUT2D eigenvalue weighted by molar-refractivity contribution is -0.128. The van der Waals surface area contributed by atoms with Crippen LogP contribution in [0.15, 0.2) is 40.5 Å². The maximum Gasteiger partial charge on any atom is 0.260 e. The summed E-state index contributed by atoms with van der Waals surface area (Å²) in [5, 5.41) is 7.62. The van der Waals surface area contributed by atoms with E-state index in [4.69, 9.17) is 0 Å². The Morgan fingerprint density at radius 2 is 1.94 bits per heavy atom. The van der Waals surface area contributed by atoms with Crippen molar-refractivity contribution in [2.24, 2.45) is 0 Å². The second kappa shape index (κ2) is 10.6. The quantitative estimate of drug-likeness (QED) is 0.456. The molecule has 7 nitrogen and oxygen atoms in total. The molecule has 0 aliphatic rings. The number of carbonyl (C=O) groups excluding carboxylic acids is 2. The summed E-state index contributed by atoms with van der Waals surface area (Å²) >= 11 is 2.79. The SMILES string of the molecule is CCCNC(=O)[C@@H](C)NC(=O)[C@@H](C)SCc1nc2scc(-c3ccccc3)c2c(=O)[nH]1. The zero-order chi connectivity index (χ0) is 22.4. The number of aromatic amines is 1. The van der Waals surface area contributed by atoms with Gasteiger partial charge in [0.2, 0.25) is 11.8 Å². The van der Waals surface area contributed by atoms with Crippen molar-refractivity contribution >= 4 is 45.1 Å². The van der Waals surface area contributed by atoms with E-state index < -0.39 is 11.3 Å². The minimum Gasteiger partial charge on any atom is -0.354 e. The molecule has 0 bridgehead atoms. The Morgan fingerprint density at radius 1 is 1.19 bits per heavy atom. The van der Waals surface area contributed by atoms with Gasteiger partial charge in [-0.05, 0) is 25.8 Å². The Kier molecular flexibility index (Phi) is 7.86. The molecule has 0 aliphatic carbocycles. The van der Waals surface area contributed by atoms with Crippen LogP contribution in [0.3, 0.4) is 0 Å². The number of amides is 2. The van der Waals surface area contributed by atoms with Crippen molar-refractivity contribution in [2.45, 2.75) is 44.2 Å². The maximum atomic E-state index is 12.7. The van der Waals surface area contributed by atoms with Gasteiger partial charge < -0.3 is 15.6 Å². The van der Waals surface area contributed by atoms with Crippen LogP contribution in [-0.2, 0) is 15.3 Å². The Hall–Kier alpha value is -2.65. The number of fused-ring (bicyclic) bond motifs is 1. The predicted molar refractivity (Wildman–Crippen MR) is 127 cm³/mol. The number of nitrogens with one attached hydrogen (secondary N) is 3. The van der Waals surface area contributed by atoms with E-state index in [0.29, 0.717) is 28.3 Å². The first-order valence-corrected chi connectivity index (χ1v) is 12.1. The fraction of sp³-hybridized carbons (Fsp3) is 0.364. The lowest BCUT2D eigenvalue weighted by Crippen LogP contribution is -2.47. The zero-order valence-corrected chi connectivity index (χ0v) is 19.4. The molecule has 164 valence electrons. The second-order valence-electron chi connectivity index (χ2n) is 7.18. The summed E-state index contributed by atoms with van der Waals surface area (Å²) in [7, 11) is 0. The maximum absolute atomic E-state index is 12.7. The summed E-state index contributed by atoms with van der Waals surface area (Å²) in [4.78, 5) is 45.1. The zero-order valence-electron chi connectivity index (χ0n) is 17.7. The van der Waals surface area contributed by atoms with Crippen LogP contribution >= 0.6 is 23.1 Å². The number of thiophene rings is 1. The number of hydrogen-bond donors (Lipinski definition) is 3. The first-order valence-electron chi connectivity index (χ1n) is 10.2. The lowest BCUT2D eigenvalue weighted by Gasteiger charge is -2.17. The molecule has 0 radical (unpaired) electrons. The molecule has 2 heterocycles. The third-order valence-electron chi connectivity index (χ3n) is 4.72. The Bertz CT molecular complexity index is 1110. The molecular weight excluding hydrogens is 432 g/mol. The van der Waals surface area contributed by atoms with Crippen LogP contribution in [-0.4, -0.2) is 39.6 Å². The van der Waals surface area contributed by atoms with Gasteiger partial charge in [0, 0.05) is 17.5 Å². The van der Waals surface area contributed by atoms with Crippen LogP contribution in [0.5, 0.6) is 0 Å². The summed E-state index contributed by atoms with van der Waals surface area (Å²) in [5.41, 5.74) is 1.67. The van der Waals surface area contributed by atoms with Gasteiger partial charge in [0.15, 0.2) is 0 Å². The van der Waals surface area contributed by atoms with Crippen molar-refractivity contribution in [3.63, 3.8) is 0 Å². The van der Waals surface area contributed by atoms with Crippen LogP contribution < -0.4 is 16.2 Å². The van der Waals surface area contributed by atoms with E-state index in [1.807, 2.05) is 42.6 Å². The fourth-order valence-corrected chi connectivity index (χ4v) is 4.70. The number of aromatic nitrogens is 2. The summed E-state index contributed by atoms with van der Waals surface area (Å²) < 4.78 is 0. The van der Waals surface area contributed by atoms with Crippen LogP contribution in [0.1, 0.15) is 33.0 Å². The average Bonchev–Trinajstić information content (AvgIpc) is 3.20. The molecule has 0 unspecified atom stereocenters. The minimum atomic E-state index is -0.598. The van der Waals surface area contributed by atoms with Gasteiger partial charge in [0.05, 0.1) is 16.4 Å². The molecule has 0 saturated heterocycles. The molecule has 2 atom stereocenters. The summed E-state index contributed by atoms with van der Waals surface area (Å²) in [6.45, 7) is 5.98. The monoisotopic (exact) mass is 458 g/mol. The standard InChI is InChI=1S/C22H26N4O3S2/c1-4-10-23-19(27)13(2)24-20(28)14(3)30-12-17-25-21(29)18-16(11-31-22(18)26-17)15-8-6-5-7-9-15/h5-9,11,13-14H,4,10,12H2,1-3H3,(H,23,27)(H,24,28)(H,25,26,29)/t13-,14-/m1/s1. The van der Waals surface area contributed by atoms with Crippen molar-refractivity contribution < 1.29 is 9.59 Å². The van der Waals surface area contributed by atoms with Gasteiger partial charge in [-0.25, -0.2) is 4.98 Å². The number of hydrogen-bond acceptors (Lipinski definition) is 6. The van der Waals surface area contributed by atoms with Crippen LogP contribution in [0.4, 0.5) is 0 Å². The van der Waals surface area contributed by atoms with E-state index in [1.165, 1.54) is 23.1 Å². The first-order chi connectivity index (χ1) is 14.9. The molecule has 3 rings (SSSR count). The van der Waals surface area contributed by atoms with Gasteiger partial charge in [-0.2, -0.15) is 0 Å². The molecule has 0 fully saturated rings. The van der Waals surface area contributed by atoms with Crippen molar-refractivity contribution in [3.8, 4) is 11.1 Å². The Morgan fingerprint density at radius 3 is 2.65 bits per heavy atom. The predicted octanol–water partition coefficient (Wildman–Crippen LogP) is 3.30. The number of carbonyl (C=O) groups is 2. The third-order valence-corrected chi connectivity index (χ3v) is 6.74. The Labute approximate surface area is 189 Å². The molecule has 3 aromatic rings. The third kappa shape index (κ3) is 5.74. The van der Waals surface area contributed by atoms with Gasteiger partial charge in [0.1, 0.15) is 16.7 Å². The Balaban J connectivity index is 1.64. The van der Waals surface area contributed by atoms with E-state index in [-0.39, 0.29) is 17.4 Å². The molecular formula is C22H26N4O3S2. The van der Waals surface area contributed by atoms with Gasteiger partial charge >= 0.3 is 0 Å². The topological polar surface area (TPSA) is 104 Å². The molecule has 0 saturated carbocycles. The van der Waals surface area contributed by atoms with E-state index in [9.17, 15) is 14.4 Å². The average molecular weight is 459 g/mol. The smallest absolute Gasteiger partial charge is 0.260 e. The van der Waals surface area contributed by atoms with Gasteiger partial charge in [-0.1, -0.05) is 37.3 Å². The molecule has 0 aliphatic heterocycles. The van der Waals surface area contributed by atoms with Crippen LogP contribution in [0.2, 0.25) is 0 Å². The largest absolute Gasteiger partial charge is 0.354 e. The molecule has 2 amide bonds. The summed E-state index contributed by atoms with van der Waals surface area (Å²) in [6.07, 6.45) is 0.839. The van der Waals surface area contributed by atoms with Crippen molar-refractivity contribution in [1.29, 1.82) is 0 Å². The molecule has 9 heteroatoms. The highest BCUT2D eigenvalue weighted by molar-refractivity contribution is 7.99. The molecule has 2 aromatic heterocycles. The number of thioether (sulfide) groups is 1. The van der Waals surface area contributed by atoms with Crippen LogP contribution in [0.25, 0.3) is 21.3 Å². The highest BCUT2D eigenvalue weighted by Gasteiger charge is 2.20. The van der Waals surface area contributed by atoms with E-state index in [2.05, 4.69) is 20.6 Å². The molecule has 0 spiro atoms. The van der Waals surface area contributed by atoms with E-state index in [0.717, 1.165) is 17.5 Å². The first kappa shape index (κ1) is 23.0. The second-order valence-corrected chi connectivity index (χ2v) is 9.37. The van der Waals surface area contributed by atoms with Gasteiger partial charge in [-0.3, -0.25) is 14.4 Å². The number of nitrogens with zero attached hydrogens (tertiary/aromatic N) is 1. The van der Waals surface area contributed by atoms with Crippen molar-refractivity contribution in [1.82, 2.24) is 20.6 Å². The highest BCUT2D eigenvalue weighted by Crippen LogP contribution is 2.30. The molecule has 31 heavy (non-hydrogen) atoms. The van der Waals surface area contributed by atoms with Crippen LogP contribution in [0, 0.1) is 0 Å². The number of benzene rings is 1. The minimum absolute atomic E-state index is 0.181. The fourth-order valence-electron chi connectivity index (χ4n) is 2.97. The lowest BCUT2D eigenvalue weighted by atomic mass is 10.1. The van der Waals surface area contributed by atoms with Gasteiger partial charge in [0.25, 0.3) is 5.56 Å². The normalized spacial score (nSPS) is 13.0. The number of rotatable bonds is 9.